The van der Waals surface area contributed by atoms with Gasteiger partial charge in [0.25, 0.3) is 0 Å². The van der Waals surface area contributed by atoms with Crippen molar-refractivity contribution in [2.24, 2.45) is 11.7 Å². The maximum absolute atomic E-state index is 12.1. The lowest BCUT2D eigenvalue weighted by atomic mass is 10.0. The molecule has 0 aliphatic carbocycles. The smallest absolute Gasteiger partial charge is 0.340 e. The van der Waals surface area contributed by atoms with E-state index in [9.17, 15) is 9.59 Å². The van der Waals surface area contributed by atoms with Crippen LogP contribution in [0.3, 0.4) is 0 Å². The molecule has 7 heteroatoms. The van der Waals surface area contributed by atoms with Crippen LogP contribution in [0.25, 0.3) is 0 Å². The van der Waals surface area contributed by atoms with Gasteiger partial charge in [0.05, 0.1) is 11.7 Å². The first-order valence-electron chi connectivity index (χ1n) is 5.98. The highest BCUT2D eigenvalue weighted by atomic mass is 32.1. The molecular weight excluding hydrogens is 266 g/mol. The molecule has 0 bridgehead atoms. The Hall–Kier alpha value is -1.47. The Bertz CT molecular complexity index is 485. The SMILES string of the molecule is Cc1nsc(N(C)C(=O)[C@@H](N)CC(C)C)c1C(=O)O. The molecule has 0 saturated carbocycles. The molecule has 1 atom stereocenters. The zero-order valence-electron chi connectivity index (χ0n) is 11.5. The van der Waals surface area contributed by atoms with Gasteiger partial charge in [0.1, 0.15) is 10.6 Å². The van der Waals surface area contributed by atoms with E-state index in [1.807, 2.05) is 13.8 Å². The molecule has 0 unspecified atom stereocenters. The normalized spacial score (nSPS) is 12.5. The average molecular weight is 285 g/mol. The highest BCUT2D eigenvalue weighted by Crippen LogP contribution is 2.28. The molecule has 0 saturated heterocycles. The fourth-order valence-electron chi connectivity index (χ4n) is 1.79. The Kier molecular flexibility index (Phi) is 5.02. The molecule has 1 rings (SSSR count). The third kappa shape index (κ3) is 3.51. The first kappa shape index (κ1) is 15.6. The summed E-state index contributed by atoms with van der Waals surface area (Å²) < 4.78 is 3.99. The number of aromatic carboxylic acids is 1. The number of carbonyl (C=O) groups is 2. The van der Waals surface area contributed by atoms with Crippen molar-refractivity contribution >= 4 is 28.4 Å². The molecule has 1 amide bonds. The molecule has 6 nitrogen and oxygen atoms in total. The van der Waals surface area contributed by atoms with Crippen molar-refractivity contribution in [2.75, 3.05) is 11.9 Å². The van der Waals surface area contributed by atoms with E-state index in [0.29, 0.717) is 23.0 Å². The number of aryl methyl sites for hydroxylation is 1. The van der Waals surface area contributed by atoms with Crippen molar-refractivity contribution in [3.8, 4) is 0 Å². The summed E-state index contributed by atoms with van der Waals surface area (Å²) in [6.45, 7) is 5.56. The van der Waals surface area contributed by atoms with Crippen LogP contribution in [-0.4, -0.2) is 34.4 Å². The summed E-state index contributed by atoms with van der Waals surface area (Å²) in [6.07, 6.45) is 0.559. The fraction of sp³-hybridized carbons (Fsp3) is 0.583. The van der Waals surface area contributed by atoms with Crippen LogP contribution >= 0.6 is 11.5 Å². The lowest BCUT2D eigenvalue weighted by Gasteiger charge is -2.21. The minimum Gasteiger partial charge on any atom is -0.478 e. The zero-order chi connectivity index (χ0) is 14.7. The maximum Gasteiger partial charge on any atom is 0.340 e. The summed E-state index contributed by atoms with van der Waals surface area (Å²) in [7, 11) is 1.53. The van der Waals surface area contributed by atoms with E-state index in [1.54, 1.807) is 6.92 Å². The van der Waals surface area contributed by atoms with Crippen LogP contribution in [0.5, 0.6) is 0 Å². The first-order chi connectivity index (χ1) is 8.75. The lowest BCUT2D eigenvalue weighted by molar-refractivity contribution is -0.119. The van der Waals surface area contributed by atoms with Gasteiger partial charge in [0.2, 0.25) is 5.91 Å². The molecule has 1 aromatic heterocycles. The molecule has 0 spiro atoms. The van der Waals surface area contributed by atoms with Crippen LogP contribution in [0, 0.1) is 12.8 Å². The summed E-state index contributed by atoms with van der Waals surface area (Å²) in [6, 6.07) is -0.631. The largest absolute Gasteiger partial charge is 0.478 e. The van der Waals surface area contributed by atoms with Gasteiger partial charge >= 0.3 is 5.97 Å². The van der Waals surface area contributed by atoms with Gasteiger partial charge in [-0.3, -0.25) is 4.79 Å². The number of amides is 1. The van der Waals surface area contributed by atoms with E-state index in [1.165, 1.54) is 11.9 Å². The number of carboxylic acids is 1. The molecule has 0 aliphatic heterocycles. The maximum atomic E-state index is 12.1. The number of nitrogens with zero attached hydrogens (tertiary/aromatic N) is 2. The van der Waals surface area contributed by atoms with Crippen LogP contribution < -0.4 is 10.6 Å². The number of hydrogen-bond acceptors (Lipinski definition) is 5. The Balaban J connectivity index is 2.97. The third-order valence-electron chi connectivity index (χ3n) is 2.74. The van der Waals surface area contributed by atoms with Gasteiger partial charge in [-0.1, -0.05) is 13.8 Å². The van der Waals surface area contributed by atoms with E-state index in [0.717, 1.165) is 11.5 Å². The topological polar surface area (TPSA) is 96.5 Å². The summed E-state index contributed by atoms with van der Waals surface area (Å²) in [4.78, 5) is 24.6. The Morgan fingerprint density at radius 1 is 1.47 bits per heavy atom. The minimum atomic E-state index is -1.08. The predicted molar refractivity (Wildman–Crippen MR) is 74.7 cm³/mol. The average Bonchev–Trinajstić information content (AvgIpc) is 2.68. The molecule has 106 valence electrons. The molecule has 0 radical (unpaired) electrons. The monoisotopic (exact) mass is 285 g/mol. The summed E-state index contributed by atoms with van der Waals surface area (Å²) in [5.74, 6) is -1.08. The van der Waals surface area contributed by atoms with E-state index >= 15 is 0 Å². The highest BCUT2D eigenvalue weighted by Gasteiger charge is 2.27. The second kappa shape index (κ2) is 6.12. The fourth-order valence-corrected chi connectivity index (χ4v) is 2.64. The van der Waals surface area contributed by atoms with Gasteiger partial charge in [-0.05, 0) is 30.8 Å². The Morgan fingerprint density at radius 2 is 2.05 bits per heavy atom. The van der Waals surface area contributed by atoms with Gasteiger partial charge in [-0.15, -0.1) is 0 Å². The third-order valence-corrected chi connectivity index (χ3v) is 3.75. The quantitative estimate of drug-likeness (QED) is 0.854. The second-order valence-corrected chi connectivity index (χ2v) is 5.64. The van der Waals surface area contributed by atoms with E-state index in [4.69, 9.17) is 10.8 Å². The number of hydrogen-bond donors (Lipinski definition) is 2. The number of rotatable bonds is 5. The minimum absolute atomic E-state index is 0.0672. The number of aromatic nitrogens is 1. The number of carboxylic acid groups (broad SMARTS) is 1. The predicted octanol–water partition coefficient (Wildman–Crippen LogP) is 1.49. The zero-order valence-corrected chi connectivity index (χ0v) is 12.3. The van der Waals surface area contributed by atoms with Gasteiger partial charge in [0.15, 0.2) is 0 Å². The van der Waals surface area contributed by atoms with Gasteiger partial charge in [0, 0.05) is 7.05 Å². The molecule has 3 N–H and O–H groups in total. The number of nitrogens with two attached hydrogens (primary N) is 1. The van der Waals surface area contributed by atoms with Crippen LogP contribution in [-0.2, 0) is 4.79 Å². The molecule has 0 fully saturated rings. The molecule has 0 aliphatic rings. The van der Waals surface area contributed by atoms with E-state index in [-0.39, 0.29) is 11.5 Å². The number of anilines is 1. The van der Waals surface area contributed by atoms with Crippen molar-refractivity contribution in [3.63, 3.8) is 0 Å². The van der Waals surface area contributed by atoms with Gasteiger partial charge < -0.3 is 15.7 Å². The second-order valence-electron chi connectivity index (χ2n) is 4.89. The number of carbonyl (C=O) groups excluding carboxylic acids is 1. The van der Waals surface area contributed by atoms with Crippen LogP contribution in [0.15, 0.2) is 0 Å². The summed E-state index contributed by atoms with van der Waals surface area (Å²) in [5.41, 5.74) is 6.31. The Labute approximate surface area is 116 Å². The van der Waals surface area contributed by atoms with Crippen LogP contribution in [0.1, 0.15) is 36.3 Å². The first-order valence-corrected chi connectivity index (χ1v) is 6.75. The van der Waals surface area contributed by atoms with E-state index < -0.39 is 12.0 Å². The molecule has 1 aromatic rings. The van der Waals surface area contributed by atoms with Crippen molar-refractivity contribution in [2.45, 2.75) is 33.2 Å². The van der Waals surface area contributed by atoms with E-state index in [2.05, 4.69) is 4.37 Å². The van der Waals surface area contributed by atoms with Gasteiger partial charge in [-0.2, -0.15) is 4.37 Å². The van der Waals surface area contributed by atoms with Crippen LogP contribution in [0.4, 0.5) is 5.00 Å². The van der Waals surface area contributed by atoms with Crippen molar-refractivity contribution < 1.29 is 14.7 Å². The molecule has 19 heavy (non-hydrogen) atoms. The summed E-state index contributed by atoms with van der Waals surface area (Å²) >= 11 is 0.996. The molecular formula is C12H19N3O3S. The lowest BCUT2D eigenvalue weighted by Crippen LogP contribution is -2.42. The number of likely N-dealkylation sites (N-methyl/N-ethyl adjacent to an activating group) is 1. The Morgan fingerprint density at radius 3 is 2.53 bits per heavy atom. The summed E-state index contributed by atoms with van der Waals surface area (Å²) in [5, 5.41) is 9.48. The highest BCUT2D eigenvalue weighted by molar-refractivity contribution is 7.11. The molecule has 1 heterocycles. The van der Waals surface area contributed by atoms with Crippen molar-refractivity contribution in [1.82, 2.24) is 4.37 Å². The van der Waals surface area contributed by atoms with Crippen molar-refractivity contribution in [1.29, 1.82) is 0 Å². The molecule has 0 aromatic carbocycles. The van der Waals surface area contributed by atoms with Crippen LogP contribution in [0.2, 0.25) is 0 Å². The van der Waals surface area contributed by atoms with Gasteiger partial charge in [-0.25, -0.2) is 4.79 Å². The standard InChI is InChI=1S/C12H19N3O3S/c1-6(2)5-8(13)10(16)15(4)11-9(12(17)18)7(3)14-19-11/h6,8H,5,13H2,1-4H3,(H,17,18)/t8-/m0/s1. The van der Waals surface area contributed by atoms with Crippen molar-refractivity contribution in [3.05, 3.63) is 11.3 Å².